The summed E-state index contributed by atoms with van der Waals surface area (Å²) in [6.07, 6.45) is 47.8. The van der Waals surface area contributed by atoms with Gasteiger partial charge in [-0.05, 0) is 51.4 Å². The number of allylic oxidation sites excluding steroid dienone is 6. The summed E-state index contributed by atoms with van der Waals surface area (Å²) in [6.45, 7) is 4.61. The van der Waals surface area contributed by atoms with Crippen molar-refractivity contribution in [1.82, 2.24) is 5.32 Å². The van der Waals surface area contributed by atoms with Gasteiger partial charge in [0.25, 0.3) is 7.82 Å². The van der Waals surface area contributed by atoms with Gasteiger partial charge >= 0.3 is 0 Å². The van der Waals surface area contributed by atoms with Crippen molar-refractivity contribution in [2.45, 2.75) is 219 Å². The second-order valence-electron chi connectivity index (χ2n) is 17.1. The summed E-state index contributed by atoms with van der Waals surface area (Å²) in [5, 5.41) is 13.7. The molecule has 0 bridgehead atoms. The zero-order valence-corrected chi connectivity index (χ0v) is 38.2. The molecule has 0 aliphatic carbocycles. The Morgan fingerprint density at radius 2 is 1.04 bits per heavy atom. The van der Waals surface area contributed by atoms with Crippen molar-refractivity contribution >= 4 is 13.7 Å². The van der Waals surface area contributed by atoms with E-state index in [0.717, 1.165) is 64.2 Å². The van der Waals surface area contributed by atoms with E-state index in [1.165, 1.54) is 116 Å². The molecule has 56 heavy (non-hydrogen) atoms. The summed E-state index contributed by atoms with van der Waals surface area (Å²) in [5.41, 5.74) is 0. The van der Waals surface area contributed by atoms with E-state index in [1.807, 2.05) is 21.1 Å². The normalized spacial score (nSPS) is 14.6. The van der Waals surface area contributed by atoms with Gasteiger partial charge in [-0.3, -0.25) is 9.36 Å². The van der Waals surface area contributed by atoms with E-state index in [1.54, 1.807) is 0 Å². The Kier molecular flexibility index (Phi) is 38.3. The van der Waals surface area contributed by atoms with Crippen LogP contribution in [0.1, 0.15) is 206 Å². The highest BCUT2D eigenvalue weighted by Crippen LogP contribution is 2.38. The first kappa shape index (κ1) is 54.7. The van der Waals surface area contributed by atoms with Gasteiger partial charge in [-0.1, -0.05) is 185 Å². The van der Waals surface area contributed by atoms with E-state index < -0.39 is 20.0 Å². The first-order chi connectivity index (χ1) is 27.0. The number of carbonyl (C=O) groups excluding carboxylic acids is 1. The SMILES string of the molecule is CCCCCCC/C=C\C/C=C\C/C=C\CCCCCCCCCCCCCCCCC(=O)NC(COP(=O)([O-])OCC[N+](C)(C)C)C(O)CCCCCCC. The smallest absolute Gasteiger partial charge is 0.268 e. The van der Waals surface area contributed by atoms with Crippen molar-refractivity contribution in [1.29, 1.82) is 0 Å². The first-order valence-electron chi connectivity index (χ1n) is 23.3. The standard InChI is InChI=1S/C47H91N2O6P/c1-6-8-10-12-13-14-15-16-17-18-19-20-21-22-23-24-25-26-27-28-29-30-31-32-33-34-35-37-39-41-47(51)48-45(46(50)40-38-36-11-9-7-2)44-55-56(52,53)54-43-42-49(3,4)5/h15-16,18-19,21-22,45-46,50H,6-14,17,20,23-44H2,1-5H3,(H-,48,51,52,53)/b16-15-,19-18-,22-21-. The van der Waals surface area contributed by atoms with Gasteiger partial charge in [0.2, 0.25) is 5.91 Å². The van der Waals surface area contributed by atoms with Gasteiger partial charge in [-0.2, -0.15) is 0 Å². The van der Waals surface area contributed by atoms with E-state index in [-0.39, 0.29) is 19.1 Å². The predicted molar refractivity (Wildman–Crippen MR) is 238 cm³/mol. The molecule has 0 rings (SSSR count). The van der Waals surface area contributed by atoms with Gasteiger partial charge in [0, 0.05) is 6.42 Å². The van der Waals surface area contributed by atoms with Gasteiger partial charge < -0.3 is 28.8 Å². The number of aliphatic hydroxyl groups is 1. The summed E-state index contributed by atoms with van der Waals surface area (Å²) in [7, 11) is 1.30. The van der Waals surface area contributed by atoms with Gasteiger partial charge in [0.05, 0.1) is 39.9 Å². The van der Waals surface area contributed by atoms with Crippen LogP contribution in [0.4, 0.5) is 0 Å². The van der Waals surface area contributed by atoms with E-state index in [0.29, 0.717) is 23.9 Å². The number of likely N-dealkylation sites (N-methyl/N-ethyl adjacent to an activating group) is 1. The number of nitrogens with one attached hydrogen (secondary N) is 1. The number of nitrogens with zero attached hydrogens (tertiary/aromatic N) is 1. The molecule has 0 saturated heterocycles. The molecule has 0 fully saturated rings. The van der Waals surface area contributed by atoms with Crippen LogP contribution in [0.3, 0.4) is 0 Å². The predicted octanol–water partition coefficient (Wildman–Crippen LogP) is 12.5. The summed E-state index contributed by atoms with van der Waals surface area (Å²) in [5.74, 6) is -0.173. The van der Waals surface area contributed by atoms with Crippen LogP contribution in [-0.4, -0.2) is 68.5 Å². The van der Waals surface area contributed by atoms with Crippen molar-refractivity contribution in [3.05, 3.63) is 36.5 Å². The maximum Gasteiger partial charge on any atom is 0.268 e. The largest absolute Gasteiger partial charge is 0.756 e. The second kappa shape index (κ2) is 39.2. The van der Waals surface area contributed by atoms with Gasteiger partial charge in [0.1, 0.15) is 13.2 Å². The third kappa shape index (κ3) is 40.9. The molecule has 3 atom stereocenters. The molecule has 0 saturated carbocycles. The number of carbonyl (C=O) groups is 1. The monoisotopic (exact) mass is 811 g/mol. The Labute approximate surface area is 347 Å². The average Bonchev–Trinajstić information content (AvgIpc) is 3.15. The van der Waals surface area contributed by atoms with Crippen LogP contribution in [0.5, 0.6) is 0 Å². The van der Waals surface area contributed by atoms with Crippen LogP contribution >= 0.6 is 7.82 Å². The lowest BCUT2D eigenvalue weighted by Crippen LogP contribution is -2.46. The zero-order chi connectivity index (χ0) is 41.4. The van der Waals surface area contributed by atoms with E-state index in [9.17, 15) is 19.4 Å². The Balaban J connectivity index is 3.91. The molecule has 1 amide bonds. The van der Waals surface area contributed by atoms with Gasteiger partial charge in [0.15, 0.2) is 0 Å². The Morgan fingerprint density at radius 1 is 0.625 bits per heavy atom. The van der Waals surface area contributed by atoms with Crippen molar-refractivity contribution in [3.8, 4) is 0 Å². The molecular weight excluding hydrogens is 719 g/mol. The maximum absolute atomic E-state index is 12.8. The highest BCUT2D eigenvalue weighted by Gasteiger charge is 2.24. The van der Waals surface area contributed by atoms with Crippen LogP contribution < -0.4 is 10.2 Å². The minimum Gasteiger partial charge on any atom is -0.756 e. The maximum atomic E-state index is 12.8. The van der Waals surface area contributed by atoms with Crippen molar-refractivity contribution in [2.24, 2.45) is 0 Å². The molecular formula is C47H91N2O6P. The van der Waals surface area contributed by atoms with Crippen molar-refractivity contribution in [2.75, 3.05) is 40.9 Å². The molecule has 0 aromatic heterocycles. The zero-order valence-electron chi connectivity index (χ0n) is 37.3. The fourth-order valence-corrected chi connectivity index (χ4v) is 7.36. The molecule has 3 unspecified atom stereocenters. The van der Waals surface area contributed by atoms with Crippen molar-refractivity contribution < 1.29 is 32.9 Å². The highest BCUT2D eigenvalue weighted by atomic mass is 31.2. The van der Waals surface area contributed by atoms with Crippen LogP contribution in [-0.2, 0) is 18.4 Å². The van der Waals surface area contributed by atoms with E-state index in [2.05, 4.69) is 55.6 Å². The van der Waals surface area contributed by atoms with Crippen LogP contribution in [0, 0.1) is 0 Å². The molecule has 9 heteroatoms. The van der Waals surface area contributed by atoms with Crippen LogP contribution in [0.25, 0.3) is 0 Å². The number of hydrogen-bond acceptors (Lipinski definition) is 6. The molecule has 0 radical (unpaired) electrons. The quantitative estimate of drug-likeness (QED) is 0.0275. The number of phosphoric ester groups is 1. The molecule has 8 nitrogen and oxygen atoms in total. The summed E-state index contributed by atoms with van der Waals surface area (Å²) in [4.78, 5) is 25.1. The summed E-state index contributed by atoms with van der Waals surface area (Å²) in [6, 6.07) is -0.796. The summed E-state index contributed by atoms with van der Waals surface area (Å²) < 4.78 is 23.1. The third-order valence-corrected chi connectivity index (χ3v) is 11.3. The number of amides is 1. The molecule has 0 aliphatic rings. The molecule has 2 N–H and O–H groups in total. The molecule has 0 heterocycles. The topological polar surface area (TPSA) is 108 Å². The van der Waals surface area contributed by atoms with E-state index in [4.69, 9.17) is 9.05 Å². The highest BCUT2D eigenvalue weighted by molar-refractivity contribution is 7.45. The molecule has 0 aromatic rings. The number of quaternary nitrogens is 1. The fourth-order valence-electron chi connectivity index (χ4n) is 6.63. The number of unbranched alkanes of at least 4 members (excludes halogenated alkanes) is 23. The Bertz CT molecular complexity index is 1010. The number of hydrogen-bond donors (Lipinski definition) is 2. The molecule has 330 valence electrons. The van der Waals surface area contributed by atoms with Crippen LogP contribution in [0.15, 0.2) is 36.5 Å². The Morgan fingerprint density at radius 3 is 1.50 bits per heavy atom. The van der Waals surface area contributed by atoms with Crippen LogP contribution in [0.2, 0.25) is 0 Å². The number of phosphoric acid groups is 1. The van der Waals surface area contributed by atoms with E-state index >= 15 is 0 Å². The molecule has 0 aromatic carbocycles. The van der Waals surface area contributed by atoms with Gasteiger partial charge in [-0.25, -0.2) is 0 Å². The lowest BCUT2D eigenvalue weighted by Gasteiger charge is -2.30. The Hall–Kier alpha value is -1.28. The lowest BCUT2D eigenvalue weighted by atomic mass is 10.0. The van der Waals surface area contributed by atoms with Crippen molar-refractivity contribution in [3.63, 3.8) is 0 Å². The number of rotatable bonds is 42. The minimum absolute atomic E-state index is 0.0111. The second-order valence-corrected chi connectivity index (χ2v) is 18.5. The summed E-state index contributed by atoms with van der Waals surface area (Å²) >= 11 is 0. The first-order valence-corrected chi connectivity index (χ1v) is 24.8. The fraction of sp³-hybridized carbons (Fsp3) is 0.851. The minimum atomic E-state index is -4.55. The average molecular weight is 811 g/mol. The molecule has 0 aliphatic heterocycles. The van der Waals surface area contributed by atoms with Gasteiger partial charge in [-0.15, -0.1) is 0 Å². The lowest BCUT2D eigenvalue weighted by molar-refractivity contribution is -0.870. The molecule has 0 spiro atoms. The number of aliphatic hydroxyl groups excluding tert-OH is 1. The third-order valence-electron chi connectivity index (χ3n) is 10.4.